The van der Waals surface area contributed by atoms with E-state index in [9.17, 15) is 13.2 Å². The summed E-state index contributed by atoms with van der Waals surface area (Å²) in [5.41, 5.74) is 0.851. The fraction of sp³-hybridized carbons (Fsp3) is 0.643. The van der Waals surface area contributed by atoms with E-state index in [-0.39, 0.29) is 17.7 Å². The summed E-state index contributed by atoms with van der Waals surface area (Å²) in [7, 11) is -2.85. The van der Waals surface area contributed by atoms with Crippen molar-refractivity contribution >= 4 is 15.7 Å². The first-order valence-electron chi connectivity index (χ1n) is 7.24. The molecule has 116 valence electrons. The van der Waals surface area contributed by atoms with E-state index in [0.717, 1.165) is 18.7 Å². The number of sulfone groups is 1. The van der Waals surface area contributed by atoms with Crippen LogP contribution in [0.25, 0.3) is 0 Å². The topological polar surface area (TPSA) is 70.8 Å². The fourth-order valence-electron chi connectivity index (χ4n) is 3.09. The Morgan fingerprint density at radius 2 is 2.00 bits per heavy atom. The van der Waals surface area contributed by atoms with Crippen LogP contribution in [0.5, 0.6) is 0 Å². The van der Waals surface area contributed by atoms with E-state index < -0.39 is 9.84 Å². The Kier molecular flexibility index (Phi) is 3.79. The number of hydrogen-bond donors (Lipinski definition) is 0. The predicted octanol–water partition coefficient (Wildman–Crippen LogP) is 0.533. The van der Waals surface area contributed by atoms with Crippen molar-refractivity contribution in [2.24, 2.45) is 0 Å². The van der Waals surface area contributed by atoms with Gasteiger partial charge in [0, 0.05) is 37.8 Å². The van der Waals surface area contributed by atoms with Gasteiger partial charge in [0.1, 0.15) is 0 Å². The number of amides is 1. The van der Waals surface area contributed by atoms with Gasteiger partial charge in [-0.2, -0.15) is 0 Å². The third-order valence-corrected chi connectivity index (χ3v) is 6.13. The average Bonchev–Trinajstić information content (AvgIpc) is 3.04. The van der Waals surface area contributed by atoms with Crippen LogP contribution in [0.1, 0.15) is 22.5 Å². The quantitative estimate of drug-likeness (QED) is 0.797. The lowest BCUT2D eigenvalue weighted by Crippen LogP contribution is -2.52. The summed E-state index contributed by atoms with van der Waals surface area (Å²) in [5, 5.41) is 0. The molecule has 6 nitrogen and oxygen atoms in total. The molecule has 2 fully saturated rings. The lowest BCUT2D eigenvalue weighted by atomic mass is 10.2. The van der Waals surface area contributed by atoms with Crippen LogP contribution in [0, 0.1) is 6.92 Å². The van der Waals surface area contributed by atoms with E-state index >= 15 is 0 Å². The van der Waals surface area contributed by atoms with Gasteiger partial charge in [0.15, 0.2) is 15.6 Å². The molecule has 0 radical (unpaired) electrons. The molecule has 1 amide bonds. The minimum Gasteiger partial charge on any atom is -0.459 e. The highest BCUT2D eigenvalue weighted by atomic mass is 32.2. The second-order valence-electron chi connectivity index (χ2n) is 5.82. The molecule has 0 unspecified atom stereocenters. The maximum Gasteiger partial charge on any atom is 0.289 e. The molecule has 3 heterocycles. The minimum atomic E-state index is -2.85. The first-order chi connectivity index (χ1) is 9.96. The molecule has 1 aromatic rings. The average molecular weight is 312 g/mol. The van der Waals surface area contributed by atoms with Crippen molar-refractivity contribution in [1.82, 2.24) is 9.80 Å². The number of carbonyl (C=O) groups excluding carboxylic acids is 1. The summed E-state index contributed by atoms with van der Waals surface area (Å²) in [4.78, 5) is 16.3. The normalized spacial score (nSPS) is 26.1. The van der Waals surface area contributed by atoms with Gasteiger partial charge in [0.05, 0.1) is 17.8 Å². The first-order valence-corrected chi connectivity index (χ1v) is 9.06. The number of aryl methyl sites for hydroxylation is 1. The third-order valence-electron chi connectivity index (χ3n) is 4.38. The van der Waals surface area contributed by atoms with Crippen molar-refractivity contribution in [1.29, 1.82) is 0 Å². The van der Waals surface area contributed by atoms with Crippen molar-refractivity contribution in [2.45, 2.75) is 19.4 Å². The van der Waals surface area contributed by atoms with Gasteiger partial charge >= 0.3 is 0 Å². The molecule has 0 saturated carbocycles. The molecule has 0 N–H and O–H groups in total. The smallest absolute Gasteiger partial charge is 0.289 e. The molecule has 2 aliphatic heterocycles. The summed E-state index contributed by atoms with van der Waals surface area (Å²) in [5.74, 6) is 0.892. The van der Waals surface area contributed by atoms with E-state index in [1.165, 1.54) is 6.26 Å². The van der Waals surface area contributed by atoms with Gasteiger partial charge < -0.3 is 9.32 Å². The second kappa shape index (κ2) is 5.46. The zero-order chi connectivity index (χ0) is 15.0. The van der Waals surface area contributed by atoms with Crippen molar-refractivity contribution < 1.29 is 17.6 Å². The molecular weight excluding hydrogens is 292 g/mol. The summed E-state index contributed by atoms with van der Waals surface area (Å²) < 4.78 is 28.3. The predicted molar refractivity (Wildman–Crippen MR) is 78.0 cm³/mol. The van der Waals surface area contributed by atoms with Gasteiger partial charge in [-0.3, -0.25) is 9.69 Å². The molecule has 0 aliphatic carbocycles. The zero-order valence-corrected chi connectivity index (χ0v) is 12.9. The lowest BCUT2D eigenvalue weighted by Gasteiger charge is -2.37. The van der Waals surface area contributed by atoms with Crippen molar-refractivity contribution in [3.8, 4) is 0 Å². The Hall–Kier alpha value is -1.34. The number of piperazine rings is 1. The highest BCUT2D eigenvalue weighted by Gasteiger charge is 2.34. The van der Waals surface area contributed by atoms with E-state index in [4.69, 9.17) is 4.42 Å². The van der Waals surface area contributed by atoms with Crippen LogP contribution in [-0.4, -0.2) is 67.9 Å². The Bertz CT molecular complexity index is 629. The van der Waals surface area contributed by atoms with Crippen LogP contribution in [0.3, 0.4) is 0 Å². The number of carbonyl (C=O) groups is 1. The molecule has 0 bridgehead atoms. The number of furan rings is 1. The summed E-state index contributed by atoms with van der Waals surface area (Å²) in [6.45, 7) is 4.55. The van der Waals surface area contributed by atoms with Crippen LogP contribution in [0.2, 0.25) is 0 Å². The molecule has 21 heavy (non-hydrogen) atoms. The number of rotatable bonds is 2. The standard InChI is InChI=1S/C14H20N2O4S/c1-11-2-8-20-13(11)14(17)16-6-4-15(5-7-16)12-3-9-21(18,19)10-12/h2,8,12H,3-7,9-10H2,1H3/t12-/m1/s1. The van der Waals surface area contributed by atoms with Gasteiger partial charge in [-0.1, -0.05) is 0 Å². The second-order valence-corrected chi connectivity index (χ2v) is 8.05. The third kappa shape index (κ3) is 2.98. The molecular formula is C14H20N2O4S. The Balaban J connectivity index is 1.58. The van der Waals surface area contributed by atoms with Crippen LogP contribution >= 0.6 is 0 Å². The van der Waals surface area contributed by atoms with Crippen LogP contribution < -0.4 is 0 Å². The van der Waals surface area contributed by atoms with Gasteiger partial charge in [0.25, 0.3) is 5.91 Å². The zero-order valence-electron chi connectivity index (χ0n) is 12.1. The van der Waals surface area contributed by atoms with Crippen LogP contribution in [0.15, 0.2) is 16.7 Å². The molecule has 2 aliphatic rings. The first kappa shape index (κ1) is 14.6. The largest absolute Gasteiger partial charge is 0.459 e. The molecule has 0 aromatic carbocycles. The van der Waals surface area contributed by atoms with Crippen molar-refractivity contribution in [3.63, 3.8) is 0 Å². The van der Waals surface area contributed by atoms with E-state index in [0.29, 0.717) is 31.0 Å². The van der Waals surface area contributed by atoms with Gasteiger partial charge in [-0.15, -0.1) is 0 Å². The Labute approximate surface area is 124 Å². The molecule has 7 heteroatoms. The maximum absolute atomic E-state index is 12.3. The molecule has 0 spiro atoms. The highest BCUT2D eigenvalue weighted by molar-refractivity contribution is 7.91. The molecule has 2 saturated heterocycles. The summed E-state index contributed by atoms with van der Waals surface area (Å²) >= 11 is 0. The van der Waals surface area contributed by atoms with Gasteiger partial charge in [-0.05, 0) is 19.4 Å². The lowest BCUT2D eigenvalue weighted by molar-refractivity contribution is 0.0557. The van der Waals surface area contributed by atoms with Crippen molar-refractivity contribution in [3.05, 3.63) is 23.7 Å². The summed E-state index contributed by atoms with van der Waals surface area (Å²) in [6.07, 6.45) is 2.25. The van der Waals surface area contributed by atoms with Crippen LogP contribution in [-0.2, 0) is 9.84 Å². The number of nitrogens with zero attached hydrogens (tertiary/aromatic N) is 2. The fourth-order valence-corrected chi connectivity index (χ4v) is 4.85. The van der Waals surface area contributed by atoms with E-state index in [2.05, 4.69) is 4.90 Å². The molecule has 1 aromatic heterocycles. The Morgan fingerprint density at radius 1 is 1.29 bits per heavy atom. The highest BCUT2D eigenvalue weighted by Crippen LogP contribution is 2.20. The molecule has 1 atom stereocenters. The van der Waals surface area contributed by atoms with E-state index in [1.54, 1.807) is 11.0 Å². The minimum absolute atomic E-state index is 0.0730. The Morgan fingerprint density at radius 3 is 2.52 bits per heavy atom. The molecule has 3 rings (SSSR count). The summed E-state index contributed by atoms with van der Waals surface area (Å²) in [6, 6.07) is 1.91. The van der Waals surface area contributed by atoms with Crippen LogP contribution in [0.4, 0.5) is 0 Å². The van der Waals surface area contributed by atoms with Gasteiger partial charge in [-0.25, -0.2) is 8.42 Å². The SMILES string of the molecule is Cc1ccoc1C(=O)N1CCN([C@@H]2CCS(=O)(=O)C2)CC1. The monoisotopic (exact) mass is 312 g/mol. The van der Waals surface area contributed by atoms with Gasteiger partial charge in [0.2, 0.25) is 0 Å². The van der Waals surface area contributed by atoms with Crippen molar-refractivity contribution in [2.75, 3.05) is 37.7 Å². The maximum atomic E-state index is 12.3. The number of hydrogen-bond acceptors (Lipinski definition) is 5. The van der Waals surface area contributed by atoms with E-state index in [1.807, 2.05) is 6.92 Å².